The lowest BCUT2D eigenvalue weighted by Gasteiger charge is -2.02. The maximum absolute atomic E-state index is 8.54. The summed E-state index contributed by atoms with van der Waals surface area (Å²) in [4.78, 5) is 0. The van der Waals surface area contributed by atoms with Gasteiger partial charge in [0.2, 0.25) is 0 Å². The van der Waals surface area contributed by atoms with Crippen LogP contribution in [0.3, 0.4) is 0 Å². The van der Waals surface area contributed by atoms with Crippen LogP contribution in [0, 0.1) is 11.3 Å². The molecule has 1 aliphatic heterocycles. The quantitative estimate of drug-likeness (QED) is 0.630. The average Bonchev–Trinajstić information content (AvgIpc) is 2.64. The predicted octanol–water partition coefficient (Wildman–Crippen LogP) is 2.55. The molecule has 70 valence electrons. The fraction of sp³-hybridized carbons (Fsp3) is 0.250. The molecule has 0 unspecified atom stereocenters. The summed E-state index contributed by atoms with van der Waals surface area (Å²) in [5, 5.41) is 8.54. The summed E-state index contributed by atoms with van der Waals surface area (Å²) >= 11 is 0. The number of benzene rings is 1. The minimum Gasteiger partial charge on any atom is -0.493 e. The van der Waals surface area contributed by atoms with Crippen LogP contribution in [0.2, 0.25) is 0 Å². The summed E-state index contributed by atoms with van der Waals surface area (Å²) < 4.78 is 5.41. The largest absolute Gasteiger partial charge is 0.493 e. The van der Waals surface area contributed by atoms with Crippen molar-refractivity contribution in [1.29, 1.82) is 5.26 Å². The third kappa shape index (κ3) is 1.49. The molecule has 0 bridgehead atoms. The molecule has 0 N–H and O–H groups in total. The Kier molecular flexibility index (Phi) is 2.24. The molecule has 0 fully saturated rings. The molecule has 2 rings (SSSR count). The molecule has 1 aliphatic rings. The van der Waals surface area contributed by atoms with E-state index in [4.69, 9.17) is 10.00 Å². The first-order valence-electron chi connectivity index (χ1n) is 4.64. The summed E-state index contributed by atoms with van der Waals surface area (Å²) in [6.45, 7) is 2.72. The highest BCUT2D eigenvalue weighted by Crippen LogP contribution is 2.28. The van der Waals surface area contributed by atoms with Crippen molar-refractivity contribution in [1.82, 2.24) is 0 Å². The van der Waals surface area contributed by atoms with Crippen molar-refractivity contribution in [3.63, 3.8) is 0 Å². The molecule has 0 atom stereocenters. The Morgan fingerprint density at radius 2 is 2.43 bits per heavy atom. The van der Waals surface area contributed by atoms with Crippen molar-refractivity contribution in [2.24, 2.45) is 0 Å². The Balaban J connectivity index is 2.39. The maximum Gasteiger partial charge on any atom is 0.122 e. The zero-order valence-electron chi connectivity index (χ0n) is 8.08. The van der Waals surface area contributed by atoms with E-state index in [9.17, 15) is 0 Å². The van der Waals surface area contributed by atoms with E-state index in [2.05, 4.69) is 6.07 Å². The maximum atomic E-state index is 8.54. The Morgan fingerprint density at radius 1 is 1.57 bits per heavy atom. The molecule has 1 heterocycles. The Bertz CT molecular complexity index is 426. The lowest BCUT2D eigenvalue weighted by molar-refractivity contribution is 0.357. The van der Waals surface area contributed by atoms with Gasteiger partial charge < -0.3 is 4.74 Å². The molecule has 1 aromatic rings. The third-order valence-corrected chi connectivity index (χ3v) is 2.43. The zero-order valence-corrected chi connectivity index (χ0v) is 8.08. The van der Waals surface area contributed by atoms with Crippen LogP contribution in [0.1, 0.15) is 18.1 Å². The average molecular weight is 185 g/mol. The van der Waals surface area contributed by atoms with Gasteiger partial charge in [-0.3, -0.25) is 0 Å². The normalized spacial score (nSPS) is 14.4. The predicted molar refractivity (Wildman–Crippen MR) is 54.9 cm³/mol. The number of hydrogen-bond acceptors (Lipinski definition) is 2. The molecule has 0 amide bonds. The number of allylic oxidation sites excluding steroid dienone is 2. The standard InChI is InChI=1S/C12H11NO/c1-9(4-6-13)10-2-3-12-11(8-10)5-7-14-12/h2-4,8H,5,7H2,1H3. The fourth-order valence-electron chi connectivity index (χ4n) is 1.61. The first kappa shape index (κ1) is 8.83. The second kappa shape index (κ2) is 3.55. The molecule has 0 aromatic heterocycles. The second-order valence-corrected chi connectivity index (χ2v) is 3.38. The van der Waals surface area contributed by atoms with Crippen LogP contribution < -0.4 is 4.74 Å². The van der Waals surface area contributed by atoms with Crippen molar-refractivity contribution < 1.29 is 4.74 Å². The first-order valence-corrected chi connectivity index (χ1v) is 4.64. The molecule has 0 spiro atoms. The van der Waals surface area contributed by atoms with E-state index in [1.807, 2.05) is 25.1 Å². The number of ether oxygens (including phenoxy) is 1. The third-order valence-electron chi connectivity index (χ3n) is 2.43. The van der Waals surface area contributed by atoms with Gasteiger partial charge in [0.1, 0.15) is 5.75 Å². The minimum absolute atomic E-state index is 0.778. The molecule has 2 heteroatoms. The molecular formula is C12H11NO. The molecule has 0 aliphatic carbocycles. The SMILES string of the molecule is CC(=CC#N)c1ccc2c(c1)CCO2. The highest BCUT2D eigenvalue weighted by Gasteiger charge is 2.11. The Labute approximate surface area is 83.4 Å². The van der Waals surface area contributed by atoms with E-state index < -0.39 is 0 Å². The summed E-state index contributed by atoms with van der Waals surface area (Å²) in [7, 11) is 0. The van der Waals surface area contributed by atoms with Gasteiger partial charge in [0.15, 0.2) is 0 Å². The minimum atomic E-state index is 0.778. The fourth-order valence-corrected chi connectivity index (χ4v) is 1.61. The van der Waals surface area contributed by atoms with Crippen LogP contribution in [0.5, 0.6) is 5.75 Å². The van der Waals surface area contributed by atoms with Crippen LogP contribution in [-0.4, -0.2) is 6.61 Å². The molecule has 0 saturated carbocycles. The molecule has 1 aromatic carbocycles. The number of nitrogens with zero attached hydrogens (tertiary/aromatic N) is 1. The van der Waals surface area contributed by atoms with Crippen molar-refractivity contribution in [2.75, 3.05) is 6.61 Å². The molecular weight excluding hydrogens is 174 g/mol. The van der Waals surface area contributed by atoms with Gasteiger partial charge in [-0.2, -0.15) is 5.26 Å². The monoisotopic (exact) mass is 185 g/mol. The van der Waals surface area contributed by atoms with Gasteiger partial charge in [-0.15, -0.1) is 0 Å². The van der Waals surface area contributed by atoms with E-state index in [1.54, 1.807) is 6.08 Å². The van der Waals surface area contributed by atoms with E-state index in [0.29, 0.717) is 0 Å². The highest BCUT2D eigenvalue weighted by atomic mass is 16.5. The molecule has 14 heavy (non-hydrogen) atoms. The van der Waals surface area contributed by atoms with Gasteiger partial charge in [-0.1, -0.05) is 6.07 Å². The summed E-state index contributed by atoms with van der Waals surface area (Å²) in [5.74, 6) is 0.985. The van der Waals surface area contributed by atoms with Gasteiger partial charge >= 0.3 is 0 Å². The number of nitriles is 1. The van der Waals surface area contributed by atoms with Crippen LogP contribution in [0.15, 0.2) is 24.3 Å². The number of rotatable bonds is 1. The highest BCUT2D eigenvalue weighted by molar-refractivity contribution is 5.67. The van der Waals surface area contributed by atoms with Crippen LogP contribution in [0.25, 0.3) is 5.57 Å². The Morgan fingerprint density at radius 3 is 3.21 bits per heavy atom. The van der Waals surface area contributed by atoms with Crippen molar-refractivity contribution >= 4 is 5.57 Å². The molecule has 0 radical (unpaired) electrons. The lowest BCUT2D eigenvalue weighted by Crippen LogP contribution is -1.85. The lowest BCUT2D eigenvalue weighted by atomic mass is 10.0. The summed E-state index contributed by atoms with van der Waals surface area (Å²) in [6.07, 6.45) is 2.54. The first-order chi connectivity index (χ1) is 6.81. The van der Waals surface area contributed by atoms with E-state index in [1.165, 1.54) is 5.56 Å². The van der Waals surface area contributed by atoms with E-state index in [-0.39, 0.29) is 0 Å². The summed E-state index contributed by atoms with van der Waals surface area (Å²) in [6, 6.07) is 8.11. The summed E-state index contributed by atoms with van der Waals surface area (Å²) in [5.41, 5.74) is 3.35. The van der Waals surface area contributed by atoms with Gasteiger partial charge in [-0.25, -0.2) is 0 Å². The molecule has 0 saturated heterocycles. The zero-order chi connectivity index (χ0) is 9.97. The van der Waals surface area contributed by atoms with Gasteiger partial charge in [0.25, 0.3) is 0 Å². The van der Waals surface area contributed by atoms with Crippen molar-refractivity contribution in [3.8, 4) is 11.8 Å². The smallest absolute Gasteiger partial charge is 0.122 e. The van der Waals surface area contributed by atoms with E-state index >= 15 is 0 Å². The van der Waals surface area contributed by atoms with Crippen LogP contribution in [-0.2, 0) is 6.42 Å². The van der Waals surface area contributed by atoms with E-state index in [0.717, 1.165) is 29.9 Å². The van der Waals surface area contributed by atoms with Crippen LogP contribution in [0.4, 0.5) is 0 Å². The van der Waals surface area contributed by atoms with Crippen molar-refractivity contribution in [3.05, 3.63) is 35.4 Å². The van der Waals surface area contributed by atoms with Gasteiger partial charge in [0, 0.05) is 12.5 Å². The van der Waals surface area contributed by atoms with Crippen LogP contribution >= 0.6 is 0 Å². The number of hydrogen-bond donors (Lipinski definition) is 0. The van der Waals surface area contributed by atoms with Gasteiger partial charge in [-0.05, 0) is 35.8 Å². The Hall–Kier alpha value is -1.75. The topological polar surface area (TPSA) is 33.0 Å². The van der Waals surface area contributed by atoms with Crippen molar-refractivity contribution in [2.45, 2.75) is 13.3 Å². The van der Waals surface area contributed by atoms with Gasteiger partial charge in [0.05, 0.1) is 12.7 Å². The molecule has 2 nitrogen and oxygen atoms in total. The second-order valence-electron chi connectivity index (χ2n) is 3.38. The number of fused-ring (bicyclic) bond motifs is 1.